The van der Waals surface area contributed by atoms with Gasteiger partial charge in [-0.15, -0.1) is 0 Å². The molecular formula is C14H16N2O2. The molecule has 1 atom stereocenters. The number of carbonyl (C=O) groups is 1. The molecular weight excluding hydrogens is 228 g/mol. The lowest BCUT2D eigenvalue weighted by Gasteiger charge is -2.08. The van der Waals surface area contributed by atoms with E-state index in [1.807, 2.05) is 41.2 Å². The number of benzene rings is 1. The fraction of sp³-hybridized carbons (Fsp3) is 0.214. The van der Waals surface area contributed by atoms with Crippen molar-refractivity contribution in [2.75, 3.05) is 6.54 Å². The molecule has 2 aromatic rings. The van der Waals surface area contributed by atoms with E-state index >= 15 is 0 Å². The first-order valence-corrected chi connectivity index (χ1v) is 5.86. The van der Waals surface area contributed by atoms with E-state index in [9.17, 15) is 4.79 Å². The number of aliphatic hydroxyl groups is 1. The normalized spacial score (nSPS) is 12.1. The van der Waals surface area contributed by atoms with Gasteiger partial charge in [0.15, 0.2) is 0 Å². The highest BCUT2D eigenvalue weighted by Crippen LogP contribution is 2.09. The van der Waals surface area contributed by atoms with Crippen molar-refractivity contribution in [3.05, 3.63) is 54.4 Å². The molecule has 2 N–H and O–H groups in total. The zero-order valence-electron chi connectivity index (χ0n) is 10.2. The van der Waals surface area contributed by atoms with Gasteiger partial charge in [0.25, 0.3) is 5.91 Å². The van der Waals surface area contributed by atoms with E-state index in [0.29, 0.717) is 5.56 Å². The lowest BCUT2D eigenvalue weighted by atomic mass is 10.2. The van der Waals surface area contributed by atoms with Crippen LogP contribution in [0.15, 0.2) is 48.8 Å². The zero-order chi connectivity index (χ0) is 13.0. The first-order chi connectivity index (χ1) is 8.66. The number of aromatic nitrogens is 1. The second kappa shape index (κ2) is 5.51. The van der Waals surface area contributed by atoms with Gasteiger partial charge in [-0.05, 0) is 43.3 Å². The van der Waals surface area contributed by atoms with Gasteiger partial charge in [-0.1, -0.05) is 0 Å². The van der Waals surface area contributed by atoms with Gasteiger partial charge in [-0.2, -0.15) is 0 Å². The van der Waals surface area contributed by atoms with E-state index in [2.05, 4.69) is 5.32 Å². The SMILES string of the molecule is CC(O)CNC(=O)c1ccc(-n2cccc2)cc1. The molecule has 0 saturated carbocycles. The molecule has 0 bridgehead atoms. The lowest BCUT2D eigenvalue weighted by Crippen LogP contribution is -2.30. The van der Waals surface area contributed by atoms with Crippen molar-refractivity contribution in [1.82, 2.24) is 9.88 Å². The molecule has 1 amide bonds. The van der Waals surface area contributed by atoms with E-state index < -0.39 is 6.10 Å². The van der Waals surface area contributed by atoms with Crippen molar-refractivity contribution in [3.8, 4) is 5.69 Å². The summed E-state index contributed by atoms with van der Waals surface area (Å²) in [5.74, 6) is -0.171. The standard InChI is InChI=1S/C14H16N2O2/c1-11(17)10-15-14(18)12-4-6-13(7-5-12)16-8-2-3-9-16/h2-9,11,17H,10H2,1H3,(H,15,18). The monoisotopic (exact) mass is 244 g/mol. The van der Waals surface area contributed by atoms with E-state index in [1.54, 1.807) is 19.1 Å². The van der Waals surface area contributed by atoms with Crippen molar-refractivity contribution in [1.29, 1.82) is 0 Å². The van der Waals surface area contributed by atoms with Crippen molar-refractivity contribution >= 4 is 5.91 Å². The first-order valence-electron chi connectivity index (χ1n) is 5.86. The van der Waals surface area contributed by atoms with Crippen LogP contribution < -0.4 is 5.32 Å². The minimum absolute atomic E-state index is 0.171. The fourth-order valence-corrected chi connectivity index (χ4v) is 1.63. The molecule has 0 aliphatic carbocycles. The maximum atomic E-state index is 11.7. The number of rotatable bonds is 4. The maximum absolute atomic E-state index is 11.7. The van der Waals surface area contributed by atoms with Gasteiger partial charge < -0.3 is 15.0 Å². The Morgan fingerprint density at radius 3 is 2.44 bits per heavy atom. The Hall–Kier alpha value is -2.07. The molecule has 0 aliphatic heterocycles. The third kappa shape index (κ3) is 2.99. The van der Waals surface area contributed by atoms with Gasteiger partial charge in [0, 0.05) is 30.2 Å². The van der Waals surface area contributed by atoms with Crippen LogP contribution in [-0.2, 0) is 0 Å². The van der Waals surface area contributed by atoms with Crippen molar-refractivity contribution in [2.24, 2.45) is 0 Å². The Labute approximate surface area is 106 Å². The Kier molecular flexibility index (Phi) is 3.79. The average molecular weight is 244 g/mol. The van der Waals surface area contributed by atoms with Crippen LogP contribution in [0.5, 0.6) is 0 Å². The number of nitrogens with one attached hydrogen (secondary N) is 1. The topological polar surface area (TPSA) is 54.3 Å². The Balaban J connectivity index is 2.06. The summed E-state index contributed by atoms with van der Waals surface area (Å²) in [6.07, 6.45) is 3.36. The fourth-order valence-electron chi connectivity index (χ4n) is 1.63. The number of hydrogen-bond donors (Lipinski definition) is 2. The molecule has 1 unspecified atom stereocenters. The van der Waals surface area contributed by atoms with Crippen molar-refractivity contribution < 1.29 is 9.90 Å². The summed E-state index contributed by atoms with van der Waals surface area (Å²) in [5, 5.41) is 11.8. The number of carbonyl (C=O) groups excluding carboxylic acids is 1. The van der Waals surface area contributed by atoms with E-state index in [4.69, 9.17) is 5.11 Å². The summed E-state index contributed by atoms with van der Waals surface area (Å²) in [4.78, 5) is 11.7. The molecule has 4 nitrogen and oxygen atoms in total. The summed E-state index contributed by atoms with van der Waals surface area (Å²) in [6.45, 7) is 1.90. The average Bonchev–Trinajstić information content (AvgIpc) is 2.90. The van der Waals surface area contributed by atoms with Crippen molar-refractivity contribution in [3.63, 3.8) is 0 Å². The smallest absolute Gasteiger partial charge is 0.251 e. The highest BCUT2D eigenvalue weighted by Gasteiger charge is 2.06. The van der Waals surface area contributed by atoms with Crippen LogP contribution in [0.25, 0.3) is 5.69 Å². The largest absolute Gasteiger partial charge is 0.392 e. The molecule has 18 heavy (non-hydrogen) atoms. The van der Waals surface area contributed by atoms with Crippen LogP contribution in [-0.4, -0.2) is 28.2 Å². The quantitative estimate of drug-likeness (QED) is 0.858. The summed E-state index contributed by atoms with van der Waals surface area (Å²) in [6, 6.07) is 11.2. The zero-order valence-corrected chi connectivity index (χ0v) is 10.2. The second-order valence-corrected chi connectivity index (χ2v) is 4.20. The van der Waals surface area contributed by atoms with Gasteiger partial charge >= 0.3 is 0 Å². The summed E-state index contributed by atoms with van der Waals surface area (Å²) < 4.78 is 1.97. The Morgan fingerprint density at radius 2 is 1.89 bits per heavy atom. The van der Waals surface area contributed by atoms with Gasteiger partial charge in [-0.3, -0.25) is 4.79 Å². The molecule has 94 valence electrons. The first kappa shape index (κ1) is 12.4. The predicted octanol–water partition coefficient (Wildman–Crippen LogP) is 1.59. The highest BCUT2D eigenvalue weighted by molar-refractivity contribution is 5.94. The molecule has 1 heterocycles. The molecule has 2 rings (SSSR count). The maximum Gasteiger partial charge on any atom is 0.251 e. The minimum Gasteiger partial charge on any atom is -0.392 e. The molecule has 1 aromatic carbocycles. The molecule has 0 saturated heterocycles. The third-order valence-electron chi connectivity index (χ3n) is 2.59. The van der Waals surface area contributed by atoms with Crippen LogP contribution in [0.1, 0.15) is 17.3 Å². The van der Waals surface area contributed by atoms with Crippen LogP contribution in [0, 0.1) is 0 Å². The van der Waals surface area contributed by atoms with Gasteiger partial charge in [0.2, 0.25) is 0 Å². The van der Waals surface area contributed by atoms with Gasteiger partial charge in [0.05, 0.1) is 6.10 Å². The lowest BCUT2D eigenvalue weighted by molar-refractivity contribution is 0.0924. The minimum atomic E-state index is -0.534. The number of amides is 1. The molecule has 4 heteroatoms. The number of nitrogens with zero attached hydrogens (tertiary/aromatic N) is 1. The number of hydrogen-bond acceptors (Lipinski definition) is 2. The third-order valence-corrected chi connectivity index (χ3v) is 2.59. The van der Waals surface area contributed by atoms with Crippen LogP contribution in [0.4, 0.5) is 0 Å². The Morgan fingerprint density at radius 1 is 1.28 bits per heavy atom. The van der Waals surface area contributed by atoms with Crippen LogP contribution in [0.2, 0.25) is 0 Å². The van der Waals surface area contributed by atoms with Crippen LogP contribution >= 0.6 is 0 Å². The molecule has 0 fully saturated rings. The molecule has 1 aromatic heterocycles. The van der Waals surface area contributed by atoms with Crippen molar-refractivity contribution in [2.45, 2.75) is 13.0 Å². The molecule has 0 aliphatic rings. The second-order valence-electron chi connectivity index (χ2n) is 4.20. The number of aliphatic hydroxyl groups excluding tert-OH is 1. The van der Waals surface area contributed by atoms with Gasteiger partial charge in [0.1, 0.15) is 0 Å². The van der Waals surface area contributed by atoms with Gasteiger partial charge in [-0.25, -0.2) is 0 Å². The molecule has 0 radical (unpaired) electrons. The van der Waals surface area contributed by atoms with E-state index in [0.717, 1.165) is 5.69 Å². The summed E-state index contributed by atoms with van der Waals surface area (Å²) >= 11 is 0. The Bertz CT molecular complexity index is 501. The van der Waals surface area contributed by atoms with E-state index in [-0.39, 0.29) is 12.5 Å². The summed E-state index contributed by atoms with van der Waals surface area (Å²) in [5.41, 5.74) is 1.60. The van der Waals surface area contributed by atoms with Crippen LogP contribution in [0.3, 0.4) is 0 Å². The predicted molar refractivity (Wildman–Crippen MR) is 69.8 cm³/mol. The molecule has 0 spiro atoms. The van der Waals surface area contributed by atoms with E-state index in [1.165, 1.54) is 0 Å². The summed E-state index contributed by atoms with van der Waals surface area (Å²) in [7, 11) is 0. The highest BCUT2D eigenvalue weighted by atomic mass is 16.3.